The monoisotopic (exact) mass is 505 g/mol. The van der Waals surface area contributed by atoms with E-state index in [0.717, 1.165) is 24.2 Å². The first-order chi connectivity index (χ1) is 16.7. The topological polar surface area (TPSA) is 130 Å². The van der Waals surface area contributed by atoms with Crippen molar-refractivity contribution in [3.8, 4) is 10.6 Å². The van der Waals surface area contributed by atoms with Crippen LogP contribution in [0.3, 0.4) is 0 Å². The lowest BCUT2D eigenvalue weighted by molar-refractivity contribution is -0.133. The van der Waals surface area contributed by atoms with Gasteiger partial charge in [-0.1, -0.05) is 0 Å². The van der Waals surface area contributed by atoms with Crippen LogP contribution in [0.4, 0.5) is 23.8 Å². The van der Waals surface area contributed by atoms with Crippen molar-refractivity contribution in [3.63, 3.8) is 0 Å². The third-order valence-electron chi connectivity index (χ3n) is 5.22. The van der Waals surface area contributed by atoms with Crippen molar-refractivity contribution in [1.82, 2.24) is 30.5 Å². The molecule has 4 heterocycles. The number of anilines is 1. The lowest BCUT2D eigenvalue weighted by Crippen LogP contribution is -2.27. The average Bonchev–Trinajstić information content (AvgIpc) is 3.17. The van der Waals surface area contributed by atoms with Crippen LogP contribution in [0.5, 0.6) is 0 Å². The van der Waals surface area contributed by atoms with Crippen LogP contribution in [0.15, 0.2) is 30.1 Å². The normalized spacial score (nSPS) is 17.1. The second-order valence-electron chi connectivity index (χ2n) is 8.03. The number of thiophene rings is 1. The first-order valence-electron chi connectivity index (χ1n) is 10.6. The van der Waals surface area contributed by atoms with Crippen molar-refractivity contribution < 1.29 is 27.6 Å². The van der Waals surface area contributed by atoms with Gasteiger partial charge < -0.3 is 16.0 Å². The van der Waals surface area contributed by atoms with Crippen molar-refractivity contribution in [3.05, 3.63) is 40.5 Å². The van der Waals surface area contributed by atoms with Crippen LogP contribution < -0.4 is 21.3 Å². The van der Waals surface area contributed by atoms with Crippen LogP contribution in [0.2, 0.25) is 0 Å². The highest BCUT2D eigenvalue weighted by atomic mass is 32.1. The van der Waals surface area contributed by atoms with Gasteiger partial charge in [-0.25, -0.2) is 9.78 Å². The van der Waals surface area contributed by atoms with E-state index in [-0.39, 0.29) is 16.6 Å². The van der Waals surface area contributed by atoms with Crippen LogP contribution in [-0.2, 0) is 4.79 Å². The second kappa shape index (κ2) is 8.69. The number of carbonyl (C=O) groups excluding carboxylic acids is 3. The Morgan fingerprint density at radius 2 is 2.06 bits per heavy atom. The van der Waals surface area contributed by atoms with Crippen LogP contribution in [-0.4, -0.2) is 51.2 Å². The van der Waals surface area contributed by atoms with Gasteiger partial charge >= 0.3 is 12.2 Å². The third-order valence-corrected chi connectivity index (χ3v) is 6.33. The molecule has 1 saturated carbocycles. The van der Waals surface area contributed by atoms with Crippen molar-refractivity contribution >= 4 is 46.7 Å². The summed E-state index contributed by atoms with van der Waals surface area (Å²) in [7, 11) is 0. The van der Waals surface area contributed by atoms with E-state index in [1.165, 1.54) is 18.3 Å². The number of rotatable bonds is 7. The number of urea groups is 1. The Kier molecular flexibility index (Phi) is 5.67. The number of alkyl halides is 3. The van der Waals surface area contributed by atoms with Gasteiger partial charge in [0.15, 0.2) is 5.65 Å². The molecule has 0 unspecified atom stereocenters. The minimum Gasteiger partial charge on any atom is -0.367 e. The number of amides is 4. The number of carbonyl (C=O) groups is 3. The molecular weight excluding hydrogens is 487 g/mol. The number of nitrogens with one attached hydrogen (secondary N) is 4. The number of hydrogen-bond acceptors (Lipinski definition) is 7. The molecule has 0 spiro atoms. The molecule has 0 bridgehead atoms. The first-order valence-corrected chi connectivity index (χ1v) is 11.4. The second-order valence-corrected chi connectivity index (χ2v) is 9.12. The molecule has 4 N–H and O–H groups in total. The number of halogens is 3. The Morgan fingerprint density at radius 1 is 1.26 bits per heavy atom. The van der Waals surface area contributed by atoms with Crippen molar-refractivity contribution in [2.24, 2.45) is 0 Å². The highest BCUT2D eigenvalue weighted by Crippen LogP contribution is 2.32. The molecule has 3 aromatic rings. The van der Waals surface area contributed by atoms with Crippen LogP contribution in [0, 0.1) is 0 Å². The number of fused-ring (bicyclic) bond motifs is 1. The third kappa shape index (κ3) is 5.11. The van der Waals surface area contributed by atoms with E-state index in [1.807, 2.05) is 0 Å². The highest BCUT2D eigenvalue weighted by Gasteiger charge is 2.27. The summed E-state index contributed by atoms with van der Waals surface area (Å²) >= 11 is 1.10. The quantitative estimate of drug-likeness (QED) is 0.289. The standard InChI is InChI=1S/C21H18F3N7O3S/c22-21(23,24)5-6-25-19(33)15-4-3-14(35-15)12-8-16(27-11-1-2-11)31-17(28-12)10(9-26-31)7-13-18(32)30-20(34)29-13/h3-4,7-9,11,27H,1-2,5-6H2,(H,25,33)(H2,29,30,32,34)/b13-7-. The molecule has 5 rings (SSSR count). The largest absolute Gasteiger partial charge is 0.390 e. The number of aromatic nitrogens is 3. The first kappa shape index (κ1) is 22.8. The summed E-state index contributed by atoms with van der Waals surface area (Å²) in [6.07, 6.45) is -0.464. The maximum Gasteiger partial charge on any atom is 0.390 e. The van der Waals surface area contributed by atoms with E-state index in [0.29, 0.717) is 27.6 Å². The fraction of sp³-hybridized carbons (Fsp3) is 0.286. The molecule has 0 aromatic carbocycles. The van der Waals surface area contributed by atoms with E-state index in [2.05, 4.69) is 31.3 Å². The lowest BCUT2D eigenvalue weighted by Gasteiger charge is -2.09. The number of imide groups is 1. The maximum atomic E-state index is 12.4. The molecule has 4 amide bonds. The van der Waals surface area contributed by atoms with Gasteiger partial charge in [-0.05, 0) is 31.1 Å². The predicted molar refractivity (Wildman–Crippen MR) is 121 cm³/mol. The SMILES string of the molecule is O=C1NC(=O)/C(=C/c2cnn3c(NC4CC4)cc(-c4ccc(C(=O)NCCC(F)(F)F)s4)nc23)N1. The smallest absolute Gasteiger partial charge is 0.367 e. The van der Waals surface area contributed by atoms with Gasteiger partial charge in [0.1, 0.15) is 11.5 Å². The fourth-order valence-corrected chi connectivity index (χ4v) is 4.27. The lowest BCUT2D eigenvalue weighted by atomic mass is 10.2. The molecule has 3 aromatic heterocycles. The Hall–Kier alpha value is -3.94. The summed E-state index contributed by atoms with van der Waals surface area (Å²) < 4.78 is 38.6. The van der Waals surface area contributed by atoms with Crippen LogP contribution in [0.25, 0.3) is 22.3 Å². The minimum absolute atomic E-state index is 0.0581. The zero-order chi connectivity index (χ0) is 24.7. The average molecular weight is 505 g/mol. The van der Waals surface area contributed by atoms with Gasteiger partial charge in [-0.3, -0.25) is 14.9 Å². The molecule has 182 valence electrons. The van der Waals surface area contributed by atoms with E-state index in [1.54, 1.807) is 16.6 Å². The molecule has 14 heteroatoms. The van der Waals surface area contributed by atoms with Crippen LogP contribution in [0.1, 0.15) is 34.5 Å². The zero-order valence-corrected chi connectivity index (χ0v) is 18.7. The van der Waals surface area contributed by atoms with Crippen molar-refractivity contribution in [2.75, 3.05) is 11.9 Å². The molecular formula is C21H18F3N7O3S. The Bertz CT molecular complexity index is 1370. The van der Waals surface area contributed by atoms with Gasteiger partial charge in [0.2, 0.25) is 0 Å². The highest BCUT2D eigenvalue weighted by molar-refractivity contribution is 7.17. The molecule has 0 radical (unpaired) electrons. The molecule has 1 aliphatic carbocycles. The van der Waals surface area contributed by atoms with Gasteiger partial charge in [-0.2, -0.15) is 22.8 Å². The molecule has 35 heavy (non-hydrogen) atoms. The Balaban J connectivity index is 1.46. The molecule has 1 aliphatic heterocycles. The summed E-state index contributed by atoms with van der Waals surface area (Å²) in [5.41, 5.74) is 1.47. The molecule has 10 nitrogen and oxygen atoms in total. The van der Waals surface area contributed by atoms with E-state index in [9.17, 15) is 27.6 Å². The number of nitrogens with zero attached hydrogens (tertiary/aromatic N) is 3. The van der Waals surface area contributed by atoms with Crippen LogP contribution >= 0.6 is 11.3 Å². The zero-order valence-electron chi connectivity index (χ0n) is 17.9. The van der Waals surface area contributed by atoms with E-state index in [4.69, 9.17) is 0 Å². The summed E-state index contributed by atoms with van der Waals surface area (Å²) in [4.78, 5) is 41.2. The van der Waals surface area contributed by atoms with Gasteiger partial charge in [0.25, 0.3) is 11.8 Å². The summed E-state index contributed by atoms with van der Waals surface area (Å²) in [5, 5.41) is 14.6. The van der Waals surface area contributed by atoms with E-state index < -0.39 is 37.0 Å². The molecule has 1 saturated heterocycles. The Morgan fingerprint density at radius 3 is 2.74 bits per heavy atom. The van der Waals surface area contributed by atoms with Crippen molar-refractivity contribution in [1.29, 1.82) is 0 Å². The van der Waals surface area contributed by atoms with Gasteiger partial charge in [-0.15, -0.1) is 11.3 Å². The number of hydrogen-bond donors (Lipinski definition) is 4. The predicted octanol–water partition coefficient (Wildman–Crippen LogP) is 2.89. The Labute approximate surface area is 199 Å². The molecule has 2 aliphatic rings. The fourth-order valence-electron chi connectivity index (χ4n) is 3.39. The maximum absolute atomic E-state index is 12.4. The van der Waals surface area contributed by atoms with E-state index >= 15 is 0 Å². The summed E-state index contributed by atoms with van der Waals surface area (Å²) in [6.45, 7) is -0.507. The minimum atomic E-state index is -4.35. The van der Waals surface area contributed by atoms with Gasteiger partial charge in [0.05, 0.1) is 28.1 Å². The summed E-state index contributed by atoms with van der Waals surface area (Å²) in [5.74, 6) is -0.511. The van der Waals surface area contributed by atoms with Crippen molar-refractivity contribution in [2.45, 2.75) is 31.5 Å². The van der Waals surface area contributed by atoms with Gasteiger partial charge in [0, 0.05) is 24.2 Å². The molecule has 0 atom stereocenters. The molecule has 2 fully saturated rings. The summed E-state index contributed by atoms with van der Waals surface area (Å²) in [6, 6.07) is 4.64.